The third-order valence-electron chi connectivity index (χ3n) is 3.02. The minimum atomic E-state index is -0.405. The Bertz CT molecular complexity index is 272. The lowest BCUT2D eigenvalue weighted by Gasteiger charge is -2.20. The summed E-state index contributed by atoms with van der Waals surface area (Å²) in [5.74, 6) is 0.0758. The molecule has 2 aliphatic rings. The van der Waals surface area contributed by atoms with Crippen molar-refractivity contribution in [2.75, 3.05) is 13.1 Å². The third kappa shape index (κ3) is 1.42. The number of nitrogens with two attached hydrogens (primary N) is 1. The van der Waals surface area contributed by atoms with E-state index in [1.807, 2.05) is 20.8 Å². The molecule has 1 saturated carbocycles. The van der Waals surface area contributed by atoms with Gasteiger partial charge in [0.15, 0.2) is 0 Å². The Morgan fingerprint density at radius 3 is 2.64 bits per heavy atom. The first kappa shape index (κ1) is 9.93. The van der Waals surface area contributed by atoms with Gasteiger partial charge in [-0.25, -0.2) is 0 Å². The van der Waals surface area contributed by atoms with Gasteiger partial charge in [-0.05, 0) is 20.8 Å². The molecule has 0 aromatic carbocycles. The quantitative estimate of drug-likeness (QED) is 0.576. The van der Waals surface area contributed by atoms with Gasteiger partial charge in [-0.1, -0.05) is 0 Å². The van der Waals surface area contributed by atoms with E-state index in [0.717, 1.165) is 13.1 Å². The average Bonchev–Trinajstić information content (AvgIpc) is 2.36. The second kappa shape index (κ2) is 2.70. The molecule has 14 heavy (non-hydrogen) atoms. The van der Waals surface area contributed by atoms with Crippen LogP contribution in [0.3, 0.4) is 0 Å². The minimum Gasteiger partial charge on any atom is -0.460 e. The Morgan fingerprint density at radius 2 is 2.21 bits per heavy atom. The molecular formula is C10H18N2O2. The number of nitrogens with one attached hydrogen (secondary N) is 1. The summed E-state index contributed by atoms with van der Waals surface area (Å²) in [5.41, 5.74) is 5.33. The number of esters is 1. The standard InChI is InChI=1S/C10H18N2O2/c1-9(2,3)14-8(13)7-6-4-12-5-10(6,7)11/h6-7,12H,4-5,11H2,1-3H3. The van der Waals surface area contributed by atoms with Crippen LogP contribution in [0.25, 0.3) is 0 Å². The van der Waals surface area contributed by atoms with E-state index in [-0.39, 0.29) is 23.3 Å². The average molecular weight is 198 g/mol. The van der Waals surface area contributed by atoms with E-state index >= 15 is 0 Å². The molecule has 0 spiro atoms. The minimum absolute atomic E-state index is 0.0806. The lowest BCUT2D eigenvalue weighted by molar-refractivity contribution is -0.157. The van der Waals surface area contributed by atoms with Gasteiger partial charge in [0.25, 0.3) is 0 Å². The van der Waals surface area contributed by atoms with Crippen molar-refractivity contribution in [3.63, 3.8) is 0 Å². The summed E-state index contributed by atoms with van der Waals surface area (Å²) in [6.45, 7) is 7.22. The van der Waals surface area contributed by atoms with Crippen molar-refractivity contribution < 1.29 is 9.53 Å². The van der Waals surface area contributed by atoms with E-state index in [2.05, 4.69) is 5.32 Å². The van der Waals surface area contributed by atoms with Gasteiger partial charge in [-0.2, -0.15) is 0 Å². The highest BCUT2D eigenvalue weighted by atomic mass is 16.6. The Kier molecular flexibility index (Phi) is 1.92. The van der Waals surface area contributed by atoms with E-state index < -0.39 is 5.60 Å². The first-order chi connectivity index (χ1) is 6.34. The molecule has 0 amide bonds. The molecular weight excluding hydrogens is 180 g/mol. The van der Waals surface area contributed by atoms with Gasteiger partial charge in [-0.3, -0.25) is 4.79 Å². The Morgan fingerprint density at radius 1 is 1.57 bits per heavy atom. The SMILES string of the molecule is CC(C)(C)OC(=O)C1C2CNCC21N. The molecule has 0 bridgehead atoms. The number of fused-ring (bicyclic) bond motifs is 1. The van der Waals surface area contributed by atoms with Crippen LogP contribution in [0.4, 0.5) is 0 Å². The van der Waals surface area contributed by atoms with Crippen molar-refractivity contribution in [1.29, 1.82) is 0 Å². The van der Waals surface area contributed by atoms with Gasteiger partial charge in [0, 0.05) is 24.5 Å². The van der Waals surface area contributed by atoms with E-state index in [1.54, 1.807) is 0 Å². The number of hydrogen-bond donors (Lipinski definition) is 2. The first-order valence-electron chi connectivity index (χ1n) is 5.07. The molecule has 0 radical (unpaired) electrons. The zero-order valence-electron chi connectivity index (χ0n) is 8.96. The highest BCUT2D eigenvalue weighted by Crippen LogP contribution is 2.51. The molecule has 80 valence electrons. The number of rotatable bonds is 1. The van der Waals surface area contributed by atoms with Gasteiger partial charge in [0.05, 0.1) is 5.92 Å². The maximum Gasteiger partial charge on any atom is 0.311 e. The number of carbonyl (C=O) groups is 1. The van der Waals surface area contributed by atoms with Crippen molar-refractivity contribution >= 4 is 5.97 Å². The van der Waals surface area contributed by atoms with Gasteiger partial charge in [0.2, 0.25) is 0 Å². The van der Waals surface area contributed by atoms with Crippen LogP contribution in [-0.4, -0.2) is 30.2 Å². The summed E-state index contributed by atoms with van der Waals surface area (Å²) < 4.78 is 5.32. The van der Waals surface area contributed by atoms with Crippen molar-refractivity contribution in [1.82, 2.24) is 5.32 Å². The smallest absolute Gasteiger partial charge is 0.311 e. The number of piperidine rings is 1. The second-order valence-electron chi connectivity index (χ2n) is 5.36. The van der Waals surface area contributed by atoms with Crippen LogP contribution in [0.1, 0.15) is 20.8 Å². The molecule has 4 nitrogen and oxygen atoms in total. The van der Waals surface area contributed by atoms with E-state index in [0.29, 0.717) is 0 Å². The van der Waals surface area contributed by atoms with E-state index in [9.17, 15) is 4.79 Å². The molecule has 0 aromatic heterocycles. The van der Waals surface area contributed by atoms with Crippen LogP contribution in [0.15, 0.2) is 0 Å². The lowest BCUT2D eigenvalue weighted by atomic mass is 10.2. The van der Waals surface area contributed by atoms with Crippen molar-refractivity contribution in [2.24, 2.45) is 17.6 Å². The van der Waals surface area contributed by atoms with Gasteiger partial charge in [0.1, 0.15) is 5.60 Å². The number of ether oxygens (including phenoxy) is 1. The molecule has 1 heterocycles. The molecule has 1 aliphatic heterocycles. The van der Waals surface area contributed by atoms with E-state index in [1.165, 1.54) is 0 Å². The molecule has 1 saturated heterocycles. The summed E-state index contributed by atoms with van der Waals surface area (Å²) in [6.07, 6.45) is 0. The van der Waals surface area contributed by atoms with Crippen LogP contribution in [0.2, 0.25) is 0 Å². The molecule has 3 atom stereocenters. The van der Waals surface area contributed by atoms with Crippen LogP contribution >= 0.6 is 0 Å². The molecule has 1 aliphatic carbocycles. The van der Waals surface area contributed by atoms with Gasteiger partial charge in [-0.15, -0.1) is 0 Å². The Labute approximate surface area is 84.2 Å². The van der Waals surface area contributed by atoms with Gasteiger partial charge < -0.3 is 15.8 Å². The molecule has 2 rings (SSSR count). The fraction of sp³-hybridized carbons (Fsp3) is 0.900. The highest BCUT2D eigenvalue weighted by Gasteiger charge is 2.69. The van der Waals surface area contributed by atoms with Crippen LogP contribution in [0.5, 0.6) is 0 Å². The van der Waals surface area contributed by atoms with Crippen molar-refractivity contribution in [3.8, 4) is 0 Å². The Hall–Kier alpha value is -0.610. The summed E-state index contributed by atoms with van der Waals surface area (Å²) >= 11 is 0. The maximum atomic E-state index is 11.7. The molecule has 3 unspecified atom stereocenters. The monoisotopic (exact) mass is 198 g/mol. The summed E-state index contributed by atoms with van der Waals surface area (Å²) in [7, 11) is 0. The van der Waals surface area contributed by atoms with Crippen molar-refractivity contribution in [3.05, 3.63) is 0 Å². The van der Waals surface area contributed by atoms with Gasteiger partial charge >= 0.3 is 5.97 Å². The first-order valence-corrected chi connectivity index (χ1v) is 5.07. The number of hydrogen-bond acceptors (Lipinski definition) is 4. The topological polar surface area (TPSA) is 64.3 Å². The number of carbonyl (C=O) groups excluding carboxylic acids is 1. The normalized spacial score (nSPS) is 40.6. The van der Waals surface area contributed by atoms with Crippen LogP contribution in [0, 0.1) is 11.8 Å². The fourth-order valence-electron chi connectivity index (χ4n) is 2.28. The molecule has 2 fully saturated rings. The summed E-state index contributed by atoms with van der Waals surface area (Å²) in [4.78, 5) is 11.7. The predicted molar refractivity (Wildman–Crippen MR) is 52.6 cm³/mol. The molecule has 3 N–H and O–H groups in total. The largest absolute Gasteiger partial charge is 0.460 e. The lowest BCUT2D eigenvalue weighted by Crippen LogP contribution is -2.37. The van der Waals surface area contributed by atoms with E-state index in [4.69, 9.17) is 10.5 Å². The predicted octanol–water partition coefficient (Wildman–Crippen LogP) is -0.125. The second-order valence-corrected chi connectivity index (χ2v) is 5.36. The highest BCUT2D eigenvalue weighted by molar-refractivity contribution is 5.80. The maximum absolute atomic E-state index is 11.7. The van der Waals surface area contributed by atoms with Crippen molar-refractivity contribution in [2.45, 2.75) is 31.9 Å². The van der Waals surface area contributed by atoms with Crippen LogP contribution < -0.4 is 11.1 Å². The molecule has 4 heteroatoms. The molecule has 0 aromatic rings. The zero-order valence-corrected chi connectivity index (χ0v) is 8.96. The van der Waals surface area contributed by atoms with Crippen LogP contribution in [-0.2, 0) is 9.53 Å². The third-order valence-corrected chi connectivity index (χ3v) is 3.02. The fourth-order valence-corrected chi connectivity index (χ4v) is 2.28. The zero-order chi connectivity index (χ0) is 10.6. The Balaban J connectivity index is 1.96. The summed E-state index contributed by atoms with van der Waals surface area (Å²) in [6, 6.07) is 0. The summed E-state index contributed by atoms with van der Waals surface area (Å²) in [5, 5.41) is 3.18.